The molecular weight excluding hydrogens is 262 g/mol. The van der Waals surface area contributed by atoms with Crippen molar-refractivity contribution in [2.24, 2.45) is 0 Å². The van der Waals surface area contributed by atoms with Crippen LogP contribution in [0.3, 0.4) is 0 Å². The minimum Gasteiger partial charge on any atom is -0.282 e. The summed E-state index contributed by atoms with van der Waals surface area (Å²) in [7, 11) is -3.70. The van der Waals surface area contributed by atoms with Gasteiger partial charge in [-0.3, -0.25) is 9.71 Å². The highest BCUT2D eigenvalue weighted by atomic mass is 32.2. The van der Waals surface area contributed by atoms with Gasteiger partial charge in [-0.05, 0) is 18.6 Å². The van der Waals surface area contributed by atoms with E-state index in [2.05, 4.69) is 9.71 Å². The van der Waals surface area contributed by atoms with E-state index in [9.17, 15) is 8.42 Å². The largest absolute Gasteiger partial charge is 0.282 e. The number of aromatic nitrogens is 1. The van der Waals surface area contributed by atoms with Crippen LogP contribution in [0.2, 0.25) is 0 Å². The summed E-state index contributed by atoms with van der Waals surface area (Å²) in [4.78, 5) is 3.99. The van der Waals surface area contributed by atoms with Crippen LogP contribution in [0, 0.1) is 11.3 Å². The Bertz CT molecular complexity index is 730. The number of anilines is 1. The molecule has 2 aromatic rings. The fourth-order valence-corrected chi connectivity index (χ4v) is 3.02. The summed E-state index contributed by atoms with van der Waals surface area (Å²) in [5.74, 6) is 0. The number of nitrogens with zero attached hydrogens (tertiary/aromatic N) is 2. The number of rotatable bonds is 4. The molecule has 5 nitrogen and oxygen atoms in total. The van der Waals surface area contributed by atoms with Crippen molar-refractivity contribution >= 4 is 26.5 Å². The molecule has 98 valence electrons. The van der Waals surface area contributed by atoms with E-state index in [0.717, 1.165) is 10.8 Å². The topological polar surface area (TPSA) is 82.8 Å². The van der Waals surface area contributed by atoms with Crippen LogP contribution in [0.1, 0.15) is 13.3 Å². The van der Waals surface area contributed by atoms with Gasteiger partial charge in [-0.15, -0.1) is 0 Å². The molecule has 0 aliphatic carbocycles. The Kier molecular flexibility index (Phi) is 3.67. The van der Waals surface area contributed by atoms with Gasteiger partial charge >= 0.3 is 0 Å². The third-order valence-corrected chi connectivity index (χ3v) is 4.51. The summed E-state index contributed by atoms with van der Waals surface area (Å²) in [6.45, 7) is 1.67. The molecule has 0 saturated carbocycles. The van der Waals surface area contributed by atoms with Crippen molar-refractivity contribution in [1.29, 1.82) is 5.26 Å². The normalized spacial score (nSPS) is 12.8. The van der Waals surface area contributed by atoms with Gasteiger partial charge in [0.05, 0.1) is 11.8 Å². The van der Waals surface area contributed by atoms with Crippen LogP contribution < -0.4 is 4.72 Å². The van der Waals surface area contributed by atoms with Crippen LogP contribution >= 0.6 is 0 Å². The molecule has 0 spiro atoms. The number of nitriles is 1. The molecule has 0 radical (unpaired) electrons. The van der Waals surface area contributed by atoms with E-state index in [-0.39, 0.29) is 6.42 Å². The Morgan fingerprint density at radius 1 is 1.42 bits per heavy atom. The third kappa shape index (κ3) is 2.66. The lowest BCUT2D eigenvalue weighted by molar-refractivity contribution is 0.593. The predicted molar refractivity (Wildman–Crippen MR) is 74.0 cm³/mol. The molecule has 0 saturated heterocycles. The van der Waals surface area contributed by atoms with Gasteiger partial charge < -0.3 is 0 Å². The van der Waals surface area contributed by atoms with Crippen molar-refractivity contribution in [1.82, 2.24) is 4.98 Å². The monoisotopic (exact) mass is 275 g/mol. The molecule has 0 bridgehead atoms. The summed E-state index contributed by atoms with van der Waals surface area (Å²) in [5, 5.41) is 9.42. The first-order valence-electron chi connectivity index (χ1n) is 5.82. The number of fused-ring (bicyclic) bond motifs is 1. The first-order valence-corrected chi connectivity index (χ1v) is 7.37. The van der Waals surface area contributed by atoms with Crippen LogP contribution in [-0.2, 0) is 10.0 Å². The lowest BCUT2D eigenvalue weighted by Crippen LogP contribution is -2.26. The molecule has 0 amide bonds. The van der Waals surface area contributed by atoms with E-state index >= 15 is 0 Å². The quantitative estimate of drug-likeness (QED) is 0.927. The van der Waals surface area contributed by atoms with Crippen molar-refractivity contribution in [2.45, 2.75) is 18.6 Å². The van der Waals surface area contributed by atoms with E-state index in [0.29, 0.717) is 5.69 Å². The Morgan fingerprint density at radius 3 is 2.89 bits per heavy atom. The summed E-state index contributed by atoms with van der Waals surface area (Å²) in [6.07, 6.45) is 3.51. The minimum absolute atomic E-state index is 0.248. The Balaban J connectivity index is 2.45. The fourth-order valence-electron chi connectivity index (χ4n) is 1.82. The standard InChI is InChI=1S/C13H13N3O2S/c1-2-11(8-14)19(17,18)16-13-5-3-4-10-9-15-7-6-12(10)13/h3-7,9,11,16H,2H2,1H3. The Hall–Kier alpha value is -2.13. The summed E-state index contributed by atoms with van der Waals surface area (Å²) in [6, 6.07) is 8.80. The van der Waals surface area contributed by atoms with E-state index in [1.165, 1.54) is 0 Å². The van der Waals surface area contributed by atoms with Crippen molar-refractivity contribution in [3.63, 3.8) is 0 Å². The first-order chi connectivity index (χ1) is 9.08. The van der Waals surface area contributed by atoms with Gasteiger partial charge in [-0.2, -0.15) is 5.26 Å². The number of nitrogens with one attached hydrogen (secondary N) is 1. The Morgan fingerprint density at radius 2 is 2.21 bits per heavy atom. The zero-order valence-electron chi connectivity index (χ0n) is 10.4. The van der Waals surface area contributed by atoms with Crippen LogP contribution in [-0.4, -0.2) is 18.7 Å². The zero-order valence-corrected chi connectivity index (χ0v) is 11.2. The predicted octanol–water partition coefficient (Wildman–Crippen LogP) is 2.28. The number of hydrogen-bond acceptors (Lipinski definition) is 4. The zero-order chi connectivity index (χ0) is 13.9. The second kappa shape index (κ2) is 5.24. The maximum absolute atomic E-state index is 12.1. The van der Waals surface area contributed by atoms with Gasteiger partial charge in [0.2, 0.25) is 10.0 Å². The minimum atomic E-state index is -3.70. The maximum atomic E-state index is 12.1. The molecule has 19 heavy (non-hydrogen) atoms. The van der Waals surface area contributed by atoms with Crippen LogP contribution in [0.15, 0.2) is 36.7 Å². The second-order valence-corrected chi connectivity index (χ2v) is 5.94. The van der Waals surface area contributed by atoms with E-state index < -0.39 is 15.3 Å². The number of sulfonamides is 1. The van der Waals surface area contributed by atoms with Crippen molar-refractivity contribution in [3.05, 3.63) is 36.7 Å². The number of pyridine rings is 1. The highest BCUT2D eigenvalue weighted by molar-refractivity contribution is 7.93. The highest BCUT2D eigenvalue weighted by Gasteiger charge is 2.23. The van der Waals surface area contributed by atoms with Crippen LogP contribution in [0.5, 0.6) is 0 Å². The lowest BCUT2D eigenvalue weighted by atomic mass is 10.1. The summed E-state index contributed by atoms with van der Waals surface area (Å²) >= 11 is 0. The smallest absolute Gasteiger partial charge is 0.249 e. The molecule has 0 aliphatic heterocycles. The second-order valence-electron chi connectivity index (χ2n) is 4.08. The SMILES string of the molecule is CCC(C#N)S(=O)(=O)Nc1cccc2cnccc12. The molecule has 2 rings (SSSR count). The third-order valence-electron chi connectivity index (χ3n) is 2.82. The van der Waals surface area contributed by atoms with Crippen LogP contribution in [0.4, 0.5) is 5.69 Å². The number of hydrogen-bond donors (Lipinski definition) is 1. The average Bonchev–Trinajstić information content (AvgIpc) is 2.40. The molecule has 0 aliphatic rings. The molecule has 1 unspecified atom stereocenters. The molecule has 6 heteroatoms. The molecule has 0 fully saturated rings. The molecule has 1 atom stereocenters. The summed E-state index contributed by atoms with van der Waals surface area (Å²) < 4.78 is 26.6. The van der Waals surface area contributed by atoms with E-state index in [1.807, 2.05) is 6.07 Å². The lowest BCUT2D eigenvalue weighted by Gasteiger charge is -2.12. The van der Waals surface area contributed by atoms with Gasteiger partial charge in [0.1, 0.15) is 0 Å². The van der Waals surface area contributed by atoms with Crippen molar-refractivity contribution < 1.29 is 8.42 Å². The number of benzene rings is 1. The van der Waals surface area contributed by atoms with Gasteiger partial charge in [0.15, 0.2) is 5.25 Å². The average molecular weight is 275 g/mol. The molecule has 1 N–H and O–H groups in total. The highest BCUT2D eigenvalue weighted by Crippen LogP contribution is 2.24. The molecular formula is C13H13N3O2S. The first kappa shape index (κ1) is 13.3. The summed E-state index contributed by atoms with van der Waals surface area (Å²) in [5.41, 5.74) is 0.466. The Labute approximate surface area is 111 Å². The molecule has 1 aromatic carbocycles. The van der Waals surface area contributed by atoms with Gasteiger partial charge in [-0.25, -0.2) is 8.42 Å². The van der Waals surface area contributed by atoms with Gasteiger partial charge in [0.25, 0.3) is 0 Å². The maximum Gasteiger partial charge on any atom is 0.249 e. The van der Waals surface area contributed by atoms with Crippen LogP contribution in [0.25, 0.3) is 10.8 Å². The van der Waals surface area contributed by atoms with Gasteiger partial charge in [0, 0.05) is 23.2 Å². The van der Waals surface area contributed by atoms with E-state index in [1.54, 1.807) is 43.6 Å². The molecule has 1 aromatic heterocycles. The van der Waals surface area contributed by atoms with E-state index in [4.69, 9.17) is 5.26 Å². The van der Waals surface area contributed by atoms with Crippen molar-refractivity contribution in [2.75, 3.05) is 4.72 Å². The van der Waals surface area contributed by atoms with Crippen molar-refractivity contribution in [3.8, 4) is 6.07 Å². The van der Waals surface area contributed by atoms with Gasteiger partial charge in [-0.1, -0.05) is 19.1 Å². The fraction of sp³-hybridized carbons (Fsp3) is 0.231. The molecule has 1 heterocycles.